The average molecular weight is 325 g/mol. The standard InChI is InChI=1S/C18H19N3O3/c1-10-17(18(23)21-20-10)14(9-16(19)22)12-7-8-15(24-2)13-6-4-3-5-11(12)13/h3-8,14H,9H2,1-2H3,(H2,19,22)(H2,20,21,23)/t14-/m0/s1. The maximum Gasteiger partial charge on any atom is 0.267 e. The molecule has 0 saturated heterocycles. The molecule has 0 unspecified atom stereocenters. The van der Waals surface area contributed by atoms with E-state index >= 15 is 0 Å². The molecule has 0 radical (unpaired) electrons. The first-order valence-corrected chi connectivity index (χ1v) is 7.64. The van der Waals surface area contributed by atoms with E-state index in [9.17, 15) is 9.59 Å². The fourth-order valence-corrected chi connectivity index (χ4v) is 3.22. The Kier molecular flexibility index (Phi) is 4.12. The molecule has 1 heterocycles. The summed E-state index contributed by atoms with van der Waals surface area (Å²) in [5.74, 6) is -0.139. The van der Waals surface area contributed by atoms with Gasteiger partial charge in [-0.3, -0.25) is 14.7 Å². The zero-order valence-corrected chi connectivity index (χ0v) is 13.6. The van der Waals surface area contributed by atoms with Crippen LogP contribution in [0.15, 0.2) is 41.2 Å². The van der Waals surface area contributed by atoms with Crippen LogP contribution in [0.25, 0.3) is 10.8 Å². The zero-order chi connectivity index (χ0) is 17.3. The topological polar surface area (TPSA) is 101 Å². The van der Waals surface area contributed by atoms with Crippen molar-refractivity contribution >= 4 is 16.7 Å². The second-order valence-electron chi connectivity index (χ2n) is 5.74. The lowest BCUT2D eigenvalue weighted by Crippen LogP contribution is -2.20. The molecule has 0 fully saturated rings. The van der Waals surface area contributed by atoms with Gasteiger partial charge in [0.1, 0.15) is 5.75 Å². The monoisotopic (exact) mass is 325 g/mol. The number of primary amides is 1. The lowest BCUT2D eigenvalue weighted by Gasteiger charge is -2.18. The minimum atomic E-state index is -0.458. The summed E-state index contributed by atoms with van der Waals surface area (Å²) in [7, 11) is 1.61. The van der Waals surface area contributed by atoms with Crippen LogP contribution in [-0.2, 0) is 4.79 Å². The lowest BCUT2D eigenvalue weighted by atomic mass is 9.85. The number of carbonyl (C=O) groups excluding carboxylic acids is 1. The van der Waals surface area contributed by atoms with Crippen molar-refractivity contribution in [2.75, 3.05) is 7.11 Å². The number of hydrogen-bond acceptors (Lipinski definition) is 3. The van der Waals surface area contributed by atoms with Gasteiger partial charge in [-0.05, 0) is 23.9 Å². The van der Waals surface area contributed by atoms with Gasteiger partial charge < -0.3 is 15.6 Å². The number of aromatic amines is 2. The average Bonchev–Trinajstić information content (AvgIpc) is 2.90. The van der Waals surface area contributed by atoms with Gasteiger partial charge in [0.15, 0.2) is 0 Å². The number of nitrogens with one attached hydrogen (secondary N) is 2. The third-order valence-electron chi connectivity index (χ3n) is 4.28. The van der Waals surface area contributed by atoms with Crippen LogP contribution in [-0.4, -0.2) is 23.2 Å². The Morgan fingerprint density at radius 2 is 1.88 bits per heavy atom. The van der Waals surface area contributed by atoms with Gasteiger partial charge >= 0.3 is 0 Å². The van der Waals surface area contributed by atoms with Crippen molar-refractivity contribution in [3.05, 3.63) is 63.6 Å². The van der Waals surface area contributed by atoms with Crippen LogP contribution < -0.4 is 16.0 Å². The van der Waals surface area contributed by atoms with Crippen molar-refractivity contribution in [2.45, 2.75) is 19.3 Å². The normalized spacial score (nSPS) is 12.2. The summed E-state index contributed by atoms with van der Waals surface area (Å²) in [5, 5.41) is 7.25. The Hall–Kier alpha value is -3.02. The van der Waals surface area contributed by atoms with E-state index in [0.717, 1.165) is 22.1 Å². The summed E-state index contributed by atoms with van der Waals surface area (Å²) >= 11 is 0. The molecule has 4 N–H and O–H groups in total. The van der Waals surface area contributed by atoms with Gasteiger partial charge in [-0.1, -0.05) is 30.3 Å². The highest BCUT2D eigenvalue weighted by Gasteiger charge is 2.25. The molecule has 1 aromatic heterocycles. The number of aromatic nitrogens is 2. The maximum atomic E-state index is 12.2. The number of aryl methyl sites for hydroxylation is 1. The predicted octanol–water partition coefficient (Wildman–Crippen LogP) is 2.18. The predicted molar refractivity (Wildman–Crippen MR) is 92.3 cm³/mol. The molecule has 0 bridgehead atoms. The Bertz CT molecular complexity index is 956. The van der Waals surface area contributed by atoms with E-state index in [-0.39, 0.29) is 12.0 Å². The van der Waals surface area contributed by atoms with Gasteiger partial charge in [0.25, 0.3) is 5.56 Å². The highest BCUT2D eigenvalue weighted by atomic mass is 16.5. The number of fused-ring (bicyclic) bond motifs is 1. The van der Waals surface area contributed by atoms with Crippen molar-refractivity contribution in [1.29, 1.82) is 0 Å². The minimum absolute atomic E-state index is 0.0537. The number of carbonyl (C=O) groups is 1. The van der Waals surface area contributed by atoms with Gasteiger partial charge in [0.05, 0.1) is 7.11 Å². The Morgan fingerprint density at radius 1 is 1.17 bits per heavy atom. The Balaban J connectivity index is 2.28. The fourth-order valence-electron chi connectivity index (χ4n) is 3.22. The van der Waals surface area contributed by atoms with E-state index < -0.39 is 11.8 Å². The summed E-state index contributed by atoms with van der Waals surface area (Å²) in [4.78, 5) is 23.9. The fraction of sp³-hybridized carbons (Fsp3) is 0.222. The van der Waals surface area contributed by atoms with E-state index in [1.165, 1.54) is 0 Å². The molecule has 124 valence electrons. The molecule has 0 saturated carbocycles. The largest absolute Gasteiger partial charge is 0.496 e. The van der Waals surface area contributed by atoms with Gasteiger partial charge in [0, 0.05) is 29.0 Å². The number of H-pyrrole nitrogens is 2. The molecule has 0 spiro atoms. The van der Waals surface area contributed by atoms with Crippen molar-refractivity contribution in [2.24, 2.45) is 5.73 Å². The summed E-state index contributed by atoms with van der Waals surface area (Å²) in [6, 6.07) is 11.5. The summed E-state index contributed by atoms with van der Waals surface area (Å²) in [5.41, 5.74) is 7.32. The van der Waals surface area contributed by atoms with Crippen LogP contribution in [0.1, 0.15) is 29.2 Å². The third kappa shape index (κ3) is 2.67. The first-order valence-electron chi connectivity index (χ1n) is 7.64. The molecule has 24 heavy (non-hydrogen) atoms. The summed E-state index contributed by atoms with van der Waals surface area (Å²) in [6.07, 6.45) is 0.0537. The minimum Gasteiger partial charge on any atom is -0.496 e. The van der Waals surface area contributed by atoms with Crippen LogP contribution in [0.5, 0.6) is 5.75 Å². The second kappa shape index (κ2) is 6.23. The van der Waals surface area contributed by atoms with E-state index in [2.05, 4.69) is 10.2 Å². The molecular formula is C18H19N3O3. The molecule has 0 aliphatic rings. The van der Waals surface area contributed by atoms with Gasteiger partial charge in [-0.15, -0.1) is 0 Å². The molecule has 1 amide bonds. The maximum absolute atomic E-state index is 12.2. The van der Waals surface area contributed by atoms with Gasteiger partial charge in [-0.2, -0.15) is 0 Å². The van der Waals surface area contributed by atoms with Gasteiger partial charge in [-0.25, -0.2) is 0 Å². The number of benzene rings is 2. The highest BCUT2D eigenvalue weighted by Crippen LogP contribution is 2.36. The van der Waals surface area contributed by atoms with Crippen molar-refractivity contribution in [3.63, 3.8) is 0 Å². The van der Waals surface area contributed by atoms with Crippen LogP contribution >= 0.6 is 0 Å². The summed E-state index contributed by atoms with van der Waals surface area (Å²) in [6.45, 7) is 1.80. The van der Waals surface area contributed by atoms with E-state index in [0.29, 0.717) is 11.3 Å². The molecule has 6 nitrogen and oxygen atoms in total. The van der Waals surface area contributed by atoms with Gasteiger partial charge in [0.2, 0.25) is 5.91 Å². The van der Waals surface area contributed by atoms with E-state index in [1.54, 1.807) is 14.0 Å². The SMILES string of the molecule is COc1ccc([C@H](CC(N)=O)c2c(C)[nH][nH]c2=O)c2ccccc12. The number of methoxy groups -OCH3 is 1. The number of hydrogen-bond donors (Lipinski definition) is 3. The third-order valence-corrected chi connectivity index (χ3v) is 4.28. The molecule has 3 rings (SSSR count). The Morgan fingerprint density at radius 3 is 2.46 bits per heavy atom. The van der Waals surface area contributed by atoms with E-state index in [1.807, 2.05) is 36.4 Å². The molecular weight excluding hydrogens is 306 g/mol. The van der Waals surface area contributed by atoms with Crippen LogP contribution in [0.2, 0.25) is 0 Å². The molecule has 2 aromatic carbocycles. The molecule has 6 heteroatoms. The van der Waals surface area contributed by atoms with E-state index in [4.69, 9.17) is 10.5 Å². The van der Waals surface area contributed by atoms with Crippen molar-refractivity contribution in [3.8, 4) is 5.75 Å². The number of nitrogens with two attached hydrogens (primary N) is 1. The molecule has 1 atom stereocenters. The van der Waals surface area contributed by atoms with Crippen LogP contribution in [0.4, 0.5) is 0 Å². The smallest absolute Gasteiger partial charge is 0.267 e. The molecule has 0 aliphatic heterocycles. The van der Waals surface area contributed by atoms with Crippen LogP contribution in [0, 0.1) is 6.92 Å². The zero-order valence-electron chi connectivity index (χ0n) is 13.6. The van der Waals surface area contributed by atoms with Crippen molar-refractivity contribution < 1.29 is 9.53 Å². The highest BCUT2D eigenvalue weighted by molar-refractivity contribution is 5.92. The lowest BCUT2D eigenvalue weighted by molar-refractivity contribution is -0.118. The number of ether oxygens (including phenoxy) is 1. The Labute approximate surface area is 138 Å². The summed E-state index contributed by atoms with van der Waals surface area (Å²) < 4.78 is 5.42. The quantitative estimate of drug-likeness (QED) is 0.670. The molecule has 3 aromatic rings. The number of amides is 1. The van der Waals surface area contributed by atoms with Crippen LogP contribution in [0.3, 0.4) is 0 Å². The first-order chi connectivity index (χ1) is 11.5. The van der Waals surface area contributed by atoms with Crippen molar-refractivity contribution in [1.82, 2.24) is 10.2 Å². The molecule has 0 aliphatic carbocycles. The second-order valence-corrected chi connectivity index (χ2v) is 5.74. The first kappa shape index (κ1) is 15.9. The number of rotatable bonds is 5.